The van der Waals surface area contributed by atoms with Crippen LogP contribution in [0.2, 0.25) is 0 Å². The molecule has 0 aliphatic heterocycles. The predicted molar refractivity (Wildman–Crippen MR) is 102 cm³/mol. The third-order valence-electron chi connectivity index (χ3n) is 4.72. The molecule has 0 aliphatic rings. The summed E-state index contributed by atoms with van der Waals surface area (Å²) in [6.07, 6.45) is 3.44. The number of aryl methyl sites for hydroxylation is 2. The fourth-order valence-electron chi connectivity index (χ4n) is 2.90. The standard InChI is InChI=1S/C19H26N6/c1-5-24(6-2)10-9-20-18-17-12-23-25(19(17)22-13-21-18)16-8-7-14(3)15(4)11-16/h7-8,11-13H,5-6,9-10H2,1-4H3,(H,20,21,22). The van der Waals surface area contributed by atoms with Crippen LogP contribution in [-0.2, 0) is 0 Å². The number of hydrogen-bond donors (Lipinski definition) is 1. The fraction of sp³-hybridized carbons (Fsp3) is 0.421. The summed E-state index contributed by atoms with van der Waals surface area (Å²) in [7, 11) is 0. The summed E-state index contributed by atoms with van der Waals surface area (Å²) in [5, 5.41) is 8.91. The average molecular weight is 338 g/mol. The second kappa shape index (κ2) is 7.61. The first kappa shape index (κ1) is 17.4. The maximum atomic E-state index is 4.54. The smallest absolute Gasteiger partial charge is 0.168 e. The number of aromatic nitrogens is 4. The van der Waals surface area contributed by atoms with Crippen molar-refractivity contribution in [1.29, 1.82) is 0 Å². The molecule has 6 heteroatoms. The van der Waals surface area contributed by atoms with Crippen LogP contribution >= 0.6 is 0 Å². The van der Waals surface area contributed by atoms with Gasteiger partial charge in [0, 0.05) is 13.1 Å². The lowest BCUT2D eigenvalue weighted by Gasteiger charge is -2.18. The first-order valence-electron chi connectivity index (χ1n) is 8.86. The van der Waals surface area contributed by atoms with E-state index in [0.29, 0.717) is 0 Å². The van der Waals surface area contributed by atoms with E-state index in [1.165, 1.54) is 11.1 Å². The van der Waals surface area contributed by atoms with Gasteiger partial charge in [0.05, 0.1) is 17.3 Å². The van der Waals surface area contributed by atoms with E-state index in [0.717, 1.165) is 48.7 Å². The molecule has 1 N–H and O–H groups in total. The normalized spacial score (nSPS) is 11.4. The van der Waals surface area contributed by atoms with Crippen LogP contribution in [0, 0.1) is 13.8 Å². The Morgan fingerprint density at radius 1 is 1.08 bits per heavy atom. The summed E-state index contributed by atoms with van der Waals surface area (Å²) in [5.41, 5.74) is 4.36. The Balaban J connectivity index is 1.86. The first-order chi connectivity index (χ1) is 12.1. The molecular formula is C19H26N6. The third-order valence-corrected chi connectivity index (χ3v) is 4.72. The molecule has 0 radical (unpaired) electrons. The van der Waals surface area contributed by atoms with E-state index < -0.39 is 0 Å². The number of nitrogens with zero attached hydrogens (tertiary/aromatic N) is 5. The summed E-state index contributed by atoms with van der Waals surface area (Å²) in [5.74, 6) is 0.840. The Kier molecular flexibility index (Phi) is 5.28. The van der Waals surface area contributed by atoms with Crippen LogP contribution in [0.25, 0.3) is 16.7 Å². The van der Waals surface area contributed by atoms with Gasteiger partial charge in [-0.25, -0.2) is 14.6 Å². The van der Waals surface area contributed by atoms with Crippen molar-refractivity contribution < 1.29 is 0 Å². The van der Waals surface area contributed by atoms with Crippen molar-refractivity contribution >= 4 is 16.9 Å². The quantitative estimate of drug-likeness (QED) is 0.717. The molecule has 0 fully saturated rings. The maximum Gasteiger partial charge on any atom is 0.168 e. The van der Waals surface area contributed by atoms with E-state index in [1.54, 1.807) is 6.33 Å². The van der Waals surface area contributed by atoms with Crippen LogP contribution in [0.15, 0.2) is 30.7 Å². The van der Waals surface area contributed by atoms with Gasteiger partial charge in [-0.05, 0) is 50.2 Å². The van der Waals surface area contributed by atoms with Gasteiger partial charge in [-0.2, -0.15) is 5.10 Å². The van der Waals surface area contributed by atoms with Gasteiger partial charge < -0.3 is 10.2 Å². The predicted octanol–water partition coefficient (Wildman–Crippen LogP) is 3.19. The maximum absolute atomic E-state index is 4.54. The van der Waals surface area contributed by atoms with Crippen molar-refractivity contribution in [2.24, 2.45) is 0 Å². The van der Waals surface area contributed by atoms with Crippen molar-refractivity contribution in [3.8, 4) is 5.69 Å². The van der Waals surface area contributed by atoms with Gasteiger partial charge >= 0.3 is 0 Å². The van der Waals surface area contributed by atoms with Gasteiger partial charge in [0.25, 0.3) is 0 Å². The van der Waals surface area contributed by atoms with Crippen molar-refractivity contribution in [3.63, 3.8) is 0 Å². The SMILES string of the molecule is CCN(CC)CCNc1ncnc2c1cnn2-c1ccc(C)c(C)c1. The molecule has 2 aromatic heterocycles. The number of rotatable bonds is 7. The van der Waals surface area contributed by atoms with Gasteiger partial charge in [-0.15, -0.1) is 0 Å². The highest BCUT2D eigenvalue weighted by atomic mass is 15.3. The first-order valence-corrected chi connectivity index (χ1v) is 8.86. The summed E-state index contributed by atoms with van der Waals surface area (Å²) in [6.45, 7) is 12.5. The summed E-state index contributed by atoms with van der Waals surface area (Å²) in [6, 6.07) is 6.32. The van der Waals surface area contributed by atoms with E-state index in [2.05, 4.69) is 71.2 Å². The Bertz CT molecular complexity index is 850. The van der Waals surface area contributed by atoms with Crippen molar-refractivity contribution in [3.05, 3.63) is 41.9 Å². The summed E-state index contributed by atoms with van der Waals surface area (Å²) in [4.78, 5) is 11.2. The molecule has 0 aliphatic carbocycles. The third kappa shape index (κ3) is 3.64. The number of fused-ring (bicyclic) bond motifs is 1. The van der Waals surface area contributed by atoms with Crippen molar-refractivity contribution in [2.75, 3.05) is 31.5 Å². The van der Waals surface area contributed by atoms with E-state index in [-0.39, 0.29) is 0 Å². The van der Waals surface area contributed by atoms with Gasteiger partial charge in [0.1, 0.15) is 12.1 Å². The highest BCUT2D eigenvalue weighted by Crippen LogP contribution is 2.22. The molecule has 0 saturated heterocycles. The van der Waals surface area contributed by atoms with Gasteiger partial charge in [0.15, 0.2) is 5.65 Å². The topological polar surface area (TPSA) is 58.9 Å². The van der Waals surface area contributed by atoms with Crippen LogP contribution in [0.3, 0.4) is 0 Å². The molecule has 0 saturated carbocycles. The molecule has 25 heavy (non-hydrogen) atoms. The fourth-order valence-corrected chi connectivity index (χ4v) is 2.90. The van der Waals surface area contributed by atoms with E-state index >= 15 is 0 Å². The molecule has 0 amide bonds. The van der Waals surface area contributed by atoms with Crippen LogP contribution in [0.5, 0.6) is 0 Å². The Labute approximate surface area is 148 Å². The lowest BCUT2D eigenvalue weighted by molar-refractivity contribution is 0.316. The average Bonchev–Trinajstić information content (AvgIpc) is 3.06. The Morgan fingerprint density at radius 3 is 2.60 bits per heavy atom. The zero-order valence-electron chi connectivity index (χ0n) is 15.5. The molecule has 6 nitrogen and oxygen atoms in total. The largest absolute Gasteiger partial charge is 0.368 e. The number of likely N-dealkylation sites (N-methyl/N-ethyl adjacent to an activating group) is 1. The molecule has 3 rings (SSSR count). The Morgan fingerprint density at radius 2 is 1.88 bits per heavy atom. The molecule has 0 unspecified atom stereocenters. The highest BCUT2D eigenvalue weighted by Gasteiger charge is 2.11. The van der Waals surface area contributed by atoms with Gasteiger partial charge in [-0.1, -0.05) is 19.9 Å². The molecule has 3 aromatic rings. The van der Waals surface area contributed by atoms with Gasteiger partial charge in [-0.3, -0.25) is 0 Å². The zero-order valence-corrected chi connectivity index (χ0v) is 15.5. The molecule has 0 bridgehead atoms. The molecule has 132 valence electrons. The van der Waals surface area contributed by atoms with Crippen LogP contribution in [-0.4, -0.2) is 50.8 Å². The minimum absolute atomic E-state index is 0.823. The van der Waals surface area contributed by atoms with Gasteiger partial charge in [0.2, 0.25) is 0 Å². The van der Waals surface area contributed by atoms with E-state index in [4.69, 9.17) is 0 Å². The molecule has 1 aromatic carbocycles. The summed E-state index contributed by atoms with van der Waals surface area (Å²) < 4.78 is 1.87. The zero-order chi connectivity index (χ0) is 17.8. The number of hydrogen-bond acceptors (Lipinski definition) is 5. The van der Waals surface area contributed by atoms with E-state index in [1.807, 2.05) is 10.9 Å². The van der Waals surface area contributed by atoms with Crippen molar-refractivity contribution in [2.45, 2.75) is 27.7 Å². The Hall–Kier alpha value is -2.47. The monoisotopic (exact) mass is 338 g/mol. The second-order valence-electron chi connectivity index (χ2n) is 6.24. The minimum atomic E-state index is 0.823. The number of benzene rings is 1. The lowest BCUT2D eigenvalue weighted by atomic mass is 10.1. The number of nitrogens with one attached hydrogen (secondary N) is 1. The highest BCUT2D eigenvalue weighted by molar-refractivity contribution is 5.87. The minimum Gasteiger partial charge on any atom is -0.368 e. The molecular weight excluding hydrogens is 312 g/mol. The van der Waals surface area contributed by atoms with Crippen molar-refractivity contribution in [1.82, 2.24) is 24.6 Å². The second-order valence-corrected chi connectivity index (χ2v) is 6.24. The molecule has 0 spiro atoms. The van der Waals surface area contributed by atoms with E-state index in [9.17, 15) is 0 Å². The summed E-state index contributed by atoms with van der Waals surface area (Å²) >= 11 is 0. The van der Waals surface area contributed by atoms with Crippen LogP contribution < -0.4 is 5.32 Å². The number of anilines is 1. The molecule has 0 atom stereocenters. The lowest BCUT2D eigenvalue weighted by Crippen LogP contribution is -2.28. The van der Waals surface area contributed by atoms with Crippen LogP contribution in [0.1, 0.15) is 25.0 Å². The molecule has 2 heterocycles. The van der Waals surface area contributed by atoms with Crippen LogP contribution in [0.4, 0.5) is 5.82 Å².